The number of esters is 1. The molecule has 0 radical (unpaired) electrons. The smallest absolute Gasteiger partial charge is 0.335 e. The zero-order valence-corrected chi connectivity index (χ0v) is 9.83. The van der Waals surface area contributed by atoms with Crippen LogP contribution in [0, 0.1) is 5.92 Å². The lowest BCUT2D eigenvalue weighted by Crippen LogP contribution is -2.35. The molecule has 0 aromatic carbocycles. The Labute approximate surface area is 86.5 Å². The molecule has 0 heterocycles. The highest BCUT2D eigenvalue weighted by atomic mass is 16.6. The van der Waals surface area contributed by atoms with Gasteiger partial charge < -0.3 is 9.84 Å². The van der Waals surface area contributed by atoms with Crippen molar-refractivity contribution in [3.63, 3.8) is 0 Å². The molecular weight excluding hydrogens is 180 g/mol. The number of carbonyl (C=O) groups excluding carboxylic acids is 1. The molecule has 0 spiro atoms. The fourth-order valence-corrected chi connectivity index (χ4v) is 1.21. The summed E-state index contributed by atoms with van der Waals surface area (Å²) in [7, 11) is 0. The number of ether oxygens (including phenoxy) is 1. The van der Waals surface area contributed by atoms with E-state index in [2.05, 4.69) is 0 Å². The van der Waals surface area contributed by atoms with Crippen LogP contribution in [0.15, 0.2) is 0 Å². The van der Waals surface area contributed by atoms with Gasteiger partial charge in [-0.1, -0.05) is 20.3 Å². The normalized spacial score (nSPS) is 16.1. The average Bonchev–Trinajstić information content (AvgIpc) is 2.00. The average molecular weight is 202 g/mol. The molecule has 2 atom stereocenters. The zero-order chi connectivity index (χ0) is 11.4. The maximum absolute atomic E-state index is 11.4. The van der Waals surface area contributed by atoms with E-state index in [9.17, 15) is 9.90 Å². The largest absolute Gasteiger partial charge is 0.458 e. The predicted octanol–water partition coefficient (Wildman–Crippen LogP) is 2.13. The van der Waals surface area contributed by atoms with Crippen molar-refractivity contribution in [3.8, 4) is 0 Å². The van der Waals surface area contributed by atoms with Crippen LogP contribution in [0.4, 0.5) is 0 Å². The molecule has 0 aliphatic heterocycles. The summed E-state index contributed by atoms with van der Waals surface area (Å²) in [6.45, 7) is 9.27. The fraction of sp³-hybridized carbons (Fsp3) is 0.909. The molecule has 0 aliphatic rings. The van der Waals surface area contributed by atoms with Gasteiger partial charge >= 0.3 is 5.97 Å². The molecule has 0 amide bonds. The highest BCUT2D eigenvalue weighted by molar-refractivity contribution is 5.75. The Morgan fingerprint density at radius 2 is 1.93 bits per heavy atom. The molecule has 0 saturated carbocycles. The number of hydrogen-bond donors (Lipinski definition) is 1. The monoisotopic (exact) mass is 202 g/mol. The van der Waals surface area contributed by atoms with Gasteiger partial charge in [-0.3, -0.25) is 0 Å². The summed E-state index contributed by atoms with van der Waals surface area (Å²) >= 11 is 0. The van der Waals surface area contributed by atoms with Gasteiger partial charge in [-0.15, -0.1) is 0 Å². The molecule has 84 valence electrons. The molecule has 14 heavy (non-hydrogen) atoms. The first-order valence-corrected chi connectivity index (χ1v) is 5.19. The fourth-order valence-electron chi connectivity index (χ4n) is 1.21. The molecule has 0 aromatic heterocycles. The summed E-state index contributed by atoms with van der Waals surface area (Å²) in [4.78, 5) is 11.4. The van der Waals surface area contributed by atoms with E-state index in [4.69, 9.17) is 4.74 Å². The van der Waals surface area contributed by atoms with Gasteiger partial charge in [0.25, 0.3) is 0 Å². The second kappa shape index (κ2) is 5.35. The Hall–Kier alpha value is -0.570. The van der Waals surface area contributed by atoms with Crippen molar-refractivity contribution in [1.82, 2.24) is 0 Å². The van der Waals surface area contributed by atoms with Crippen LogP contribution in [0.25, 0.3) is 0 Å². The number of aliphatic hydroxyl groups excluding tert-OH is 1. The van der Waals surface area contributed by atoms with Crippen LogP contribution in [-0.2, 0) is 9.53 Å². The first kappa shape index (κ1) is 13.4. The van der Waals surface area contributed by atoms with E-state index in [1.807, 2.05) is 13.8 Å². The Kier molecular flexibility index (Phi) is 5.13. The lowest BCUT2D eigenvalue weighted by molar-refractivity contribution is -0.167. The van der Waals surface area contributed by atoms with Gasteiger partial charge in [0.15, 0.2) is 6.10 Å². The molecular formula is C11H22O3. The van der Waals surface area contributed by atoms with Gasteiger partial charge in [0.2, 0.25) is 0 Å². The molecule has 0 aliphatic carbocycles. The summed E-state index contributed by atoms with van der Waals surface area (Å²) in [6, 6.07) is 0. The molecule has 1 N–H and O–H groups in total. The minimum Gasteiger partial charge on any atom is -0.458 e. The van der Waals surface area contributed by atoms with Crippen LogP contribution in [-0.4, -0.2) is 22.8 Å². The second-order valence-corrected chi connectivity index (χ2v) is 4.74. The van der Waals surface area contributed by atoms with E-state index >= 15 is 0 Å². The van der Waals surface area contributed by atoms with Crippen LogP contribution >= 0.6 is 0 Å². The third-order valence-electron chi connectivity index (χ3n) is 1.93. The van der Waals surface area contributed by atoms with Crippen LogP contribution < -0.4 is 0 Å². The van der Waals surface area contributed by atoms with Crippen LogP contribution in [0.2, 0.25) is 0 Å². The second-order valence-electron chi connectivity index (χ2n) is 4.74. The van der Waals surface area contributed by atoms with Gasteiger partial charge in [-0.05, 0) is 33.1 Å². The Bertz CT molecular complexity index is 181. The van der Waals surface area contributed by atoms with E-state index < -0.39 is 17.7 Å². The number of carbonyl (C=O) groups is 1. The zero-order valence-electron chi connectivity index (χ0n) is 9.83. The maximum Gasteiger partial charge on any atom is 0.335 e. The number of aliphatic hydroxyl groups is 1. The quantitative estimate of drug-likeness (QED) is 0.710. The number of rotatable bonds is 4. The molecule has 0 rings (SSSR count). The van der Waals surface area contributed by atoms with Crippen LogP contribution in [0.1, 0.15) is 47.5 Å². The maximum atomic E-state index is 11.4. The third-order valence-corrected chi connectivity index (χ3v) is 1.93. The van der Waals surface area contributed by atoms with Crippen molar-refractivity contribution >= 4 is 5.97 Å². The SMILES string of the molecule is CCCC(C)C(O)C(=O)OC(C)(C)C. The van der Waals surface area contributed by atoms with Crippen LogP contribution in [0.3, 0.4) is 0 Å². The summed E-state index contributed by atoms with van der Waals surface area (Å²) in [5, 5.41) is 9.61. The van der Waals surface area contributed by atoms with Gasteiger partial charge in [0, 0.05) is 0 Å². The Balaban J connectivity index is 4.12. The molecule has 3 heteroatoms. The highest BCUT2D eigenvalue weighted by Gasteiger charge is 2.27. The minimum absolute atomic E-state index is 0.0325. The predicted molar refractivity (Wildman–Crippen MR) is 55.9 cm³/mol. The van der Waals surface area contributed by atoms with Crippen molar-refractivity contribution in [2.45, 2.75) is 59.2 Å². The third kappa shape index (κ3) is 5.22. The summed E-state index contributed by atoms with van der Waals surface area (Å²) in [6.07, 6.45) is 0.802. The van der Waals surface area contributed by atoms with E-state index in [0.29, 0.717) is 0 Å². The molecule has 0 bridgehead atoms. The van der Waals surface area contributed by atoms with Crippen molar-refractivity contribution in [1.29, 1.82) is 0 Å². The number of hydrogen-bond acceptors (Lipinski definition) is 3. The van der Waals surface area contributed by atoms with E-state index in [1.54, 1.807) is 20.8 Å². The van der Waals surface area contributed by atoms with Crippen molar-refractivity contribution in [3.05, 3.63) is 0 Å². The van der Waals surface area contributed by atoms with Crippen molar-refractivity contribution < 1.29 is 14.6 Å². The summed E-state index contributed by atoms with van der Waals surface area (Å²) < 4.78 is 5.08. The minimum atomic E-state index is -0.992. The Morgan fingerprint density at radius 1 is 1.43 bits per heavy atom. The van der Waals surface area contributed by atoms with E-state index in [0.717, 1.165) is 12.8 Å². The summed E-state index contributed by atoms with van der Waals surface area (Å²) in [5.41, 5.74) is -0.524. The highest BCUT2D eigenvalue weighted by Crippen LogP contribution is 2.15. The molecule has 3 nitrogen and oxygen atoms in total. The first-order valence-electron chi connectivity index (χ1n) is 5.19. The lowest BCUT2D eigenvalue weighted by atomic mass is 9.99. The van der Waals surface area contributed by atoms with E-state index in [1.165, 1.54) is 0 Å². The van der Waals surface area contributed by atoms with Crippen molar-refractivity contribution in [2.75, 3.05) is 0 Å². The lowest BCUT2D eigenvalue weighted by Gasteiger charge is -2.24. The standard InChI is InChI=1S/C11H22O3/c1-6-7-8(2)9(12)10(13)14-11(3,4)5/h8-9,12H,6-7H2,1-5H3. The van der Waals surface area contributed by atoms with Gasteiger partial charge in [0.1, 0.15) is 5.60 Å². The Morgan fingerprint density at radius 3 is 2.29 bits per heavy atom. The summed E-state index contributed by atoms with van der Waals surface area (Å²) in [5.74, 6) is -0.548. The molecule has 2 unspecified atom stereocenters. The molecule has 0 fully saturated rings. The van der Waals surface area contributed by atoms with Crippen LogP contribution in [0.5, 0.6) is 0 Å². The van der Waals surface area contributed by atoms with Gasteiger partial charge in [-0.2, -0.15) is 0 Å². The molecule has 0 aromatic rings. The topological polar surface area (TPSA) is 46.5 Å². The van der Waals surface area contributed by atoms with Crippen molar-refractivity contribution in [2.24, 2.45) is 5.92 Å². The van der Waals surface area contributed by atoms with E-state index in [-0.39, 0.29) is 5.92 Å². The van der Waals surface area contributed by atoms with Gasteiger partial charge in [-0.25, -0.2) is 4.79 Å². The molecule has 0 saturated heterocycles. The first-order chi connectivity index (χ1) is 6.28. The van der Waals surface area contributed by atoms with Gasteiger partial charge in [0.05, 0.1) is 0 Å².